The third-order valence-electron chi connectivity index (χ3n) is 0. The molecule has 0 fully saturated rings. The van der Waals surface area contributed by atoms with Gasteiger partial charge in [0, 0.05) is 51.2 Å². The Morgan fingerprint density at radius 2 is 1.00 bits per heavy atom. The summed E-state index contributed by atoms with van der Waals surface area (Å²) < 4.78 is 0. The Kier molecular flexibility index (Phi) is 99.5. The molecule has 0 saturated heterocycles. The van der Waals surface area contributed by atoms with Gasteiger partial charge in [-0.2, -0.15) is 0 Å². The molecule has 0 aromatic carbocycles. The van der Waals surface area contributed by atoms with Crippen LogP contribution in [0.2, 0.25) is 0 Å². The molecule has 2 N–H and O–H groups in total. The van der Waals surface area contributed by atoms with Gasteiger partial charge in [-0.15, -0.1) is 0 Å². The van der Waals surface area contributed by atoms with Crippen LogP contribution in [0.15, 0.2) is 0 Å². The van der Waals surface area contributed by atoms with E-state index >= 15 is 0 Å². The quantitative estimate of drug-likeness (QED) is 0.340. The molecule has 4 heteroatoms. The van der Waals surface area contributed by atoms with Crippen LogP contribution in [-0.4, -0.2) is 61.7 Å². The molecule has 0 bridgehead atoms. The van der Waals surface area contributed by atoms with Gasteiger partial charge in [0.05, 0.1) is 0 Å². The molecule has 0 aromatic heterocycles. The Bertz CT molecular complexity index is 6.00. The summed E-state index contributed by atoms with van der Waals surface area (Å²) in [6.45, 7) is 0. The van der Waals surface area contributed by atoms with Crippen LogP contribution >= 0.6 is 0 Å². The predicted molar refractivity (Wildman–Crippen MR) is 16.8 cm³/mol. The van der Waals surface area contributed by atoms with E-state index in [0.29, 0.717) is 0 Å². The van der Waals surface area contributed by atoms with Crippen molar-refractivity contribution >= 4 is 51.2 Å². The van der Waals surface area contributed by atoms with E-state index in [1.165, 1.54) is 0 Å². The van der Waals surface area contributed by atoms with E-state index in [0.717, 1.165) is 0 Å². The van der Waals surface area contributed by atoms with Gasteiger partial charge in [-0.25, -0.2) is 0 Å². The van der Waals surface area contributed by atoms with Crippen molar-refractivity contribution in [1.29, 1.82) is 0 Å². The van der Waals surface area contributed by atoms with Crippen LogP contribution in [0.1, 0.15) is 0 Å². The van der Waals surface area contributed by atoms with Gasteiger partial charge in [0.2, 0.25) is 0 Å². The van der Waals surface area contributed by atoms with Crippen molar-refractivity contribution in [2.75, 3.05) is 0 Å². The van der Waals surface area contributed by atoms with E-state index in [-0.39, 0.29) is 51.2 Å². The van der Waals surface area contributed by atoms with Gasteiger partial charge < -0.3 is 0 Å². The van der Waals surface area contributed by atoms with Crippen LogP contribution < -0.4 is 0 Å². The molecule has 0 heterocycles. The summed E-state index contributed by atoms with van der Waals surface area (Å²) in [6, 6.07) is 0. The van der Waals surface area contributed by atoms with E-state index in [4.69, 9.17) is 10.5 Å². The van der Waals surface area contributed by atoms with Crippen molar-refractivity contribution in [1.82, 2.24) is 0 Å². The zero-order valence-electron chi connectivity index (χ0n) is 1.89. The molecule has 0 atom stereocenters. The van der Waals surface area contributed by atoms with Crippen LogP contribution in [0.25, 0.3) is 0 Å². The maximum atomic E-state index is 6.00. The fraction of sp³-hybridized carbons (Fsp3) is 0. The van der Waals surface area contributed by atoms with Gasteiger partial charge in [0.15, 0.2) is 0 Å². The zero-order valence-corrected chi connectivity index (χ0v) is 8.64. The Morgan fingerprint density at radius 1 is 1.00 bits per heavy atom. The van der Waals surface area contributed by atoms with Crippen LogP contribution in [0.4, 0.5) is 0 Å². The number of hydrogen-bond acceptors (Lipinski definition) is 2. The maximum absolute atomic E-state index is 6.00. The largest absolute Gasteiger partial charge is 0.255 e. The van der Waals surface area contributed by atoms with Crippen molar-refractivity contribution < 1.29 is 10.5 Å². The van der Waals surface area contributed by atoms with E-state index in [9.17, 15) is 0 Å². The minimum Gasteiger partial charge on any atom is -0.255 e. The summed E-state index contributed by atoms with van der Waals surface area (Å²) in [5.41, 5.74) is 0. The number of hydrogen-bond donors (Lipinski definition) is 2. The minimum absolute atomic E-state index is 0. The molecule has 0 rings (SSSR count). The molecule has 0 aromatic rings. The van der Waals surface area contributed by atoms with E-state index < -0.39 is 0 Å². The van der Waals surface area contributed by atoms with Crippen molar-refractivity contribution in [3.63, 3.8) is 0 Å². The Morgan fingerprint density at radius 3 is 1.00 bits per heavy atom. The first-order chi connectivity index (χ1) is 1.00. The van der Waals surface area contributed by atoms with Crippen LogP contribution in [0, 0.1) is 0 Å². The zero-order chi connectivity index (χ0) is 2.00. The normalized spacial score (nSPS) is 1.50. The van der Waals surface area contributed by atoms with Gasteiger partial charge in [-0.1, -0.05) is 0 Å². The minimum atomic E-state index is 0. The van der Waals surface area contributed by atoms with Gasteiger partial charge >= 0.3 is 0 Å². The fourth-order valence-corrected chi connectivity index (χ4v) is 0. The predicted octanol–water partition coefficient (Wildman–Crippen LogP) is -0.744. The summed E-state index contributed by atoms with van der Waals surface area (Å²) in [6.07, 6.45) is 0. The first-order valence-corrected chi connectivity index (χ1v) is 0.200. The molecule has 0 saturated carbocycles. The second-order valence-corrected chi connectivity index (χ2v) is 0. The van der Waals surface area contributed by atoms with Crippen molar-refractivity contribution in [2.45, 2.75) is 0 Å². The third kappa shape index (κ3) is 9.43. The molecule has 0 unspecified atom stereocenters. The van der Waals surface area contributed by atoms with Crippen molar-refractivity contribution in [3.05, 3.63) is 0 Å². The Balaban J connectivity index is -0.00000000500. The standard InChI is InChI=1S/H2O2.Pb.Sn/c1-2;;/h1-2H;;. The smallest absolute Gasteiger partial charge is 0 e. The second kappa shape index (κ2) is 22.8. The van der Waals surface area contributed by atoms with Crippen molar-refractivity contribution in [3.8, 4) is 0 Å². The first kappa shape index (κ1) is 17.4. The van der Waals surface area contributed by atoms with E-state index in [1.807, 2.05) is 0 Å². The third-order valence-corrected chi connectivity index (χ3v) is 0. The van der Waals surface area contributed by atoms with Crippen LogP contribution in [0.5, 0.6) is 0 Å². The van der Waals surface area contributed by atoms with Gasteiger partial charge in [0.25, 0.3) is 0 Å². The maximum Gasteiger partial charge on any atom is 0 e. The van der Waals surface area contributed by atoms with Crippen molar-refractivity contribution in [2.24, 2.45) is 0 Å². The number of rotatable bonds is 0. The summed E-state index contributed by atoms with van der Waals surface area (Å²) in [5.74, 6) is 0. The molecule has 2 nitrogen and oxygen atoms in total. The fourth-order valence-electron chi connectivity index (χ4n) is 0. The molecule has 0 spiro atoms. The average molecular weight is 360 g/mol. The SMILES string of the molecule is OO.[Pb].[Sn]. The first-order valence-electron chi connectivity index (χ1n) is 0.200. The Labute approximate surface area is 61.3 Å². The topological polar surface area (TPSA) is 40.5 Å². The summed E-state index contributed by atoms with van der Waals surface area (Å²) >= 11 is 0. The van der Waals surface area contributed by atoms with E-state index in [2.05, 4.69) is 0 Å². The molecular formula is H2O2PbSn. The van der Waals surface area contributed by atoms with Crippen LogP contribution in [-0.2, 0) is 0 Å². The van der Waals surface area contributed by atoms with Gasteiger partial charge in [0.1, 0.15) is 0 Å². The van der Waals surface area contributed by atoms with Gasteiger partial charge in [-0.3, -0.25) is 10.5 Å². The van der Waals surface area contributed by atoms with Crippen LogP contribution in [0.3, 0.4) is 0 Å². The second-order valence-electron chi connectivity index (χ2n) is 0. The molecule has 22 valence electrons. The summed E-state index contributed by atoms with van der Waals surface area (Å²) in [4.78, 5) is 0. The molecule has 0 aliphatic rings. The van der Waals surface area contributed by atoms with Gasteiger partial charge in [-0.05, 0) is 0 Å². The summed E-state index contributed by atoms with van der Waals surface area (Å²) in [7, 11) is 0. The molecule has 0 amide bonds. The molecule has 8 radical (unpaired) electrons. The molecule has 0 aliphatic carbocycles. The molecular weight excluding hydrogens is 358 g/mol. The average Bonchev–Trinajstić information content (AvgIpc) is 1.00. The monoisotopic (exact) mass is 362 g/mol. The summed E-state index contributed by atoms with van der Waals surface area (Å²) in [5, 5.41) is 12.0. The Hall–Kier alpha value is 1.64. The van der Waals surface area contributed by atoms with E-state index in [1.54, 1.807) is 0 Å². The molecule has 0 aliphatic heterocycles. The molecule has 4 heavy (non-hydrogen) atoms.